The van der Waals surface area contributed by atoms with Crippen LogP contribution in [0.2, 0.25) is 5.02 Å². The average molecular weight is 357 g/mol. The summed E-state index contributed by atoms with van der Waals surface area (Å²) in [4.78, 5) is 16.0. The van der Waals surface area contributed by atoms with E-state index in [1.54, 1.807) is 18.5 Å². The zero-order chi connectivity index (χ0) is 17.8. The first kappa shape index (κ1) is 16.9. The van der Waals surface area contributed by atoms with Gasteiger partial charge in [0, 0.05) is 29.6 Å². The van der Waals surface area contributed by atoms with Crippen molar-refractivity contribution in [1.82, 2.24) is 15.2 Å². The van der Waals surface area contributed by atoms with Gasteiger partial charge < -0.3 is 5.32 Å². The fourth-order valence-electron chi connectivity index (χ4n) is 2.26. The molecule has 2 heterocycles. The molecule has 1 aromatic carbocycles. The molecule has 126 valence electrons. The lowest BCUT2D eigenvalue weighted by Gasteiger charge is -2.01. The molecule has 0 aliphatic rings. The van der Waals surface area contributed by atoms with Gasteiger partial charge in [0.1, 0.15) is 11.6 Å². The molecular formula is C18H14ClFN4O. The van der Waals surface area contributed by atoms with Crippen LogP contribution in [0, 0.1) is 12.7 Å². The maximum atomic E-state index is 13.4. The molecule has 2 N–H and O–H groups in total. The SMILES string of the molecule is Cc1c(-c2ccncc2)n[nH]c1NC(=O)C=Cc1ccc(Cl)c(F)c1. The van der Waals surface area contributed by atoms with Crippen LogP contribution in [-0.4, -0.2) is 21.1 Å². The molecule has 0 bridgehead atoms. The predicted octanol–water partition coefficient (Wildman–Crippen LogP) is 4.22. The lowest BCUT2D eigenvalue weighted by molar-refractivity contribution is -0.111. The van der Waals surface area contributed by atoms with E-state index in [4.69, 9.17) is 11.6 Å². The number of nitrogens with zero attached hydrogens (tertiary/aromatic N) is 2. The van der Waals surface area contributed by atoms with Gasteiger partial charge in [0.25, 0.3) is 0 Å². The molecule has 0 fully saturated rings. The first-order chi connectivity index (χ1) is 12.0. The smallest absolute Gasteiger partial charge is 0.249 e. The Hall–Kier alpha value is -2.99. The number of benzene rings is 1. The van der Waals surface area contributed by atoms with Crippen LogP contribution in [0.25, 0.3) is 17.3 Å². The number of hydrogen-bond acceptors (Lipinski definition) is 3. The molecule has 5 nitrogen and oxygen atoms in total. The molecule has 25 heavy (non-hydrogen) atoms. The zero-order valence-corrected chi connectivity index (χ0v) is 14.0. The molecule has 0 spiro atoms. The quantitative estimate of drug-likeness (QED) is 0.687. The minimum Gasteiger partial charge on any atom is -0.307 e. The van der Waals surface area contributed by atoms with Crippen LogP contribution in [0.5, 0.6) is 0 Å². The van der Waals surface area contributed by atoms with Crippen molar-refractivity contribution in [2.24, 2.45) is 0 Å². The van der Waals surface area contributed by atoms with E-state index in [9.17, 15) is 9.18 Å². The first-order valence-electron chi connectivity index (χ1n) is 7.44. The summed E-state index contributed by atoms with van der Waals surface area (Å²) < 4.78 is 13.4. The number of nitrogens with one attached hydrogen (secondary N) is 2. The van der Waals surface area contributed by atoms with E-state index in [1.165, 1.54) is 24.3 Å². The highest BCUT2D eigenvalue weighted by Crippen LogP contribution is 2.25. The van der Waals surface area contributed by atoms with Crippen LogP contribution < -0.4 is 5.32 Å². The number of anilines is 1. The van der Waals surface area contributed by atoms with Crippen molar-refractivity contribution in [3.8, 4) is 11.3 Å². The highest BCUT2D eigenvalue weighted by Gasteiger charge is 2.12. The third-order valence-electron chi connectivity index (χ3n) is 3.58. The molecule has 0 aliphatic heterocycles. The summed E-state index contributed by atoms with van der Waals surface area (Å²) in [6, 6.07) is 8.00. The van der Waals surface area contributed by atoms with Crippen LogP contribution >= 0.6 is 11.6 Å². The van der Waals surface area contributed by atoms with Gasteiger partial charge in [-0.3, -0.25) is 14.9 Å². The van der Waals surface area contributed by atoms with Gasteiger partial charge in [-0.05, 0) is 42.8 Å². The number of rotatable bonds is 4. The van der Waals surface area contributed by atoms with E-state index in [-0.39, 0.29) is 10.9 Å². The molecule has 3 aromatic rings. The third kappa shape index (κ3) is 3.92. The van der Waals surface area contributed by atoms with Gasteiger partial charge in [-0.1, -0.05) is 17.7 Å². The van der Waals surface area contributed by atoms with Crippen molar-refractivity contribution in [1.29, 1.82) is 0 Å². The molecule has 3 rings (SSSR count). The molecule has 0 saturated heterocycles. The van der Waals surface area contributed by atoms with Crippen molar-refractivity contribution in [3.05, 3.63) is 70.8 Å². The van der Waals surface area contributed by atoms with Gasteiger partial charge in [-0.2, -0.15) is 5.10 Å². The number of amides is 1. The van der Waals surface area contributed by atoms with Crippen molar-refractivity contribution in [3.63, 3.8) is 0 Å². The van der Waals surface area contributed by atoms with Crippen molar-refractivity contribution in [2.45, 2.75) is 6.92 Å². The first-order valence-corrected chi connectivity index (χ1v) is 7.82. The Kier molecular flexibility index (Phi) is 4.90. The van der Waals surface area contributed by atoms with E-state index >= 15 is 0 Å². The fourth-order valence-corrected chi connectivity index (χ4v) is 2.38. The molecule has 2 aromatic heterocycles. The molecule has 0 atom stereocenters. The Bertz CT molecular complexity index is 938. The van der Waals surface area contributed by atoms with Gasteiger partial charge in [0.15, 0.2) is 0 Å². The van der Waals surface area contributed by atoms with Gasteiger partial charge in [-0.25, -0.2) is 4.39 Å². The minimum atomic E-state index is -0.532. The fraction of sp³-hybridized carbons (Fsp3) is 0.0556. The lowest BCUT2D eigenvalue weighted by Crippen LogP contribution is -2.09. The maximum absolute atomic E-state index is 13.4. The van der Waals surface area contributed by atoms with Crippen LogP contribution in [0.3, 0.4) is 0 Å². The second-order valence-electron chi connectivity index (χ2n) is 5.30. The molecule has 0 radical (unpaired) electrons. The highest BCUT2D eigenvalue weighted by molar-refractivity contribution is 6.30. The van der Waals surface area contributed by atoms with Crippen LogP contribution in [0.15, 0.2) is 48.8 Å². The van der Waals surface area contributed by atoms with Crippen LogP contribution in [0.4, 0.5) is 10.2 Å². The number of carbonyl (C=O) groups excluding carboxylic acids is 1. The molecule has 0 saturated carbocycles. The van der Waals surface area contributed by atoms with E-state index < -0.39 is 5.82 Å². The standard InChI is InChI=1S/C18H14ClFN4O/c1-11-17(13-6-8-21-9-7-13)23-24-18(11)22-16(25)5-3-12-2-4-14(19)15(20)10-12/h2-10H,1H3,(H2,22,23,24,25). The second-order valence-corrected chi connectivity index (χ2v) is 5.71. The van der Waals surface area contributed by atoms with Gasteiger partial charge in [0.05, 0.1) is 10.7 Å². The number of pyridine rings is 1. The summed E-state index contributed by atoms with van der Waals surface area (Å²) in [6.07, 6.45) is 6.17. The summed E-state index contributed by atoms with van der Waals surface area (Å²) in [5.74, 6) is -0.386. The van der Waals surface area contributed by atoms with E-state index in [2.05, 4.69) is 20.5 Å². The average Bonchev–Trinajstić information content (AvgIpc) is 2.97. The summed E-state index contributed by atoms with van der Waals surface area (Å²) in [5, 5.41) is 9.78. The number of halogens is 2. The molecule has 1 amide bonds. The molecular weight excluding hydrogens is 343 g/mol. The van der Waals surface area contributed by atoms with Crippen molar-refractivity contribution >= 4 is 29.4 Å². The third-order valence-corrected chi connectivity index (χ3v) is 3.89. The predicted molar refractivity (Wildman–Crippen MR) is 95.6 cm³/mol. The largest absolute Gasteiger partial charge is 0.307 e. The Labute approximate surface area is 148 Å². The Balaban J connectivity index is 1.72. The highest BCUT2D eigenvalue weighted by atomic mass is 35.5. The number of H-pyrrole nitrogens is 1. The topological polar surface area (TPSA) is 70.7 Å². The second kappa shape index (κ2) is 7.27. The Morgan fingerprint density at radius 1 is 1.28 bits per heavy atom. The lowest BCUT2D eigenvalue weighted by atomic mass is 10.1. The molecule has 7 heteroatoms. The van der Waals surface area contributed by atoms with E-state index in [0.717, 1.165) is 16.8 Å². The van der Waals surface area contributed by atoms with Crippen molar-refractivity contribution in [2.75, 3.05) is 5.32 Å². The minimum absolute atomic E-state index is 0.0401. The number of aromatic amines is 1. The van der Waals surface area contributed by atoms with Crippen molar-refractivity contribution < 1.29 is 9.18 Å². The Morgan fingerprint density at radius 2 is 2.04 bits per heavy atom. The Morgan fingerprint density at radius 3 is 2.76 bits per heavy atom. The van der Waals surface area contributed by atoms with Gasteiger partial charge >= 0.3 is 0 Å². The summed E-state index contributed by atoms with van der Waals surface area (Å²) >= 11 is 5.63. The molecule has 0 unspecified atom stereocenters. The van der Waals surface area contributed by atoms with Gasteiger partial charge in [0.2, 0.25) is 5.91 Å². The van der Waals surface area contributed by atoms with E-state index in [1.807, 2.05) is 19.1 Å². The number of aromatic nitrogens is 3. The molecule has 0 aliphatic carbocycles. The number of hydrogen-bond donors (Lipinski definition) is 2. The maximum Gasteiger partial charge on any atom is 0.249 e. The van der Waals surface area contributed by atoms with Gasteiger partial charge in [-0.15, -0.1) is 0 Å². The van der Waals surface area contributed by atoms with Crippen LogP contribution in [-0.2, 0) is 4.79 Å². The summed E-state index contributed by atoms with van der Waals surface area (Å²) in [6.45, 7) is 1.85. The summed E-state index contributed by atoms with van der Waals surface area (Å²) in [5.41, 5.74) is 2.99. The van der Waals surface area contributed by atoms with Crippen LogP contribution in [0.1, 0.15) is 11.1 Å². The monoisotopic (exact) mass is 356 g/mol. The van der Waals surface area contributed by atoms with E-state index in [0.29, 0.717) is 11.4 Å². The normalized spacial score (nSPS) is 11.0. The summed E-state index contributed by atoms with van der Waals surface area (Å²) in [7, 11) is 0. The number of carbonyl (C=O) groups is 1. The zero-order valence-electron chi connectivity index (χ0n) is 13.3.